The molecule has 3 aromatic carbocycles. The quantitative estimate of drug-likeness (QED) is 0.576. The number of anilines is 1. The van der Waals surface area contributed by atoms with Gasteiger partial charge in [-0.1, -0.05) is 72.8 Å². The van der Waals surface area contributed by atoms with Crippen molar-refractivity contribution in [3.8, 4) is 5.75 Å². The average molecular weight is 374 g/mol. The van der Waals surface area contributed by atoms with Gasteiger partial charge in [-0.3, -0.25) is 10.1 Å². The molecule has 2 atom stereocenters. The maximum absolute atomic E-state index is 13.2. The highest BCUT2D eigenvalue weighted by Crippen LogP contribution is 2.26. The first-order valence-corrected chi connectivity index (χ1v) is 9.57. The van der Waals surface area contributed by atoms with E-state index in [9.17, 15) is 4.79 Å². The monoisotopic (exact) mass is 374 g/mol. The SMILES string of the molecule is CCOc1ccccc1NC(=O)[C@H](N[C@H](C)c1ccccc1)c1ccccc1. The Hall–Kier alpha value is -3.11. The molecule has 0 aliphatic heterocycles. The van der Waals surface area contributed by atoms with Crippen LogP contribution in [0.4, 0.5) is 5.69 Å². The van der Waals surface area contributed by atoms with E-state index in [4.69, 9.17) is 4.74 Å². The van der Waals surface area contributed by atoms with Crippen molar-refractivity contribution in [1.29, 1.82) is 0 Å². The fraction of sp³-hybridized carbons (Fsp3) is 0.208. The number of para-hydroxylation sites is 2. The van der Waals surface area contributed by atoms with Crippen molar-refractivity contribution < 1.29 is 9.53 Å². The molecule has 0 bridgehead atoms. The van der Waals surface area contributed by atoms with Crippen LogP contribution in [-0.4, -0.2) is 12.5 Å². The van der Waals surface area contributed by atoms with Gasteiger partial charge in [0.2, 0.25) is 5.91 Å². The van der Waals surface area contributed by atoms with Crippen LogP contribution < -0.4 is 15.4 Å². The summed E-state index contributed by atoms with van der Waals surface area (Å²) in [7, 11) is 0. The van der Waals surface area contributed by atoms with E-state index in [1.807, 2.05) is 79.7 Å². The highest BCUT2D eigenvalue weighted by atomic mass is 16.5. The molecule has 0 aromatic heterocycles. The molecular formula is C24H26N2O2. The minimum atomic E-state index is -0.494. The zero-order chi connectivity index (χ0) is 19.8. The number of amides is 1. The lowest BCUT2D eigenvalue weighted by Crippen LogP contribution is -2.34. The minimum absolute atomic E-state index is 0.0132. The third kappa shape index (κ3) is 4.99. The van der Waals surface area contributed by atoms with Crippen molar-refractivity contribution in [1.82, 2.24) is 5.32 Å². The molecule has 0 fully saturated rings. The molecule has 0 unspecified atom stereocenters. The Balaban J connectivity index is 1.84. The molecule has 28 heavy (non-hydrogen) atoms. The van der Waals surface area contributed by atoms with Crippen LogP contribution in [0, 0.1) is 0 Å². The average Bonchev–Trinajstić information content (AvgIpc) is 2.74. The zero-order valence-electron chi connectivity index (χ0n) is 16.3. The summed E-state index contributed by atoms with van der Waals surface area (Å²) in [6.07, 6.45) is 0. The number of hydrogen-bond donors (Lipinski definition) is 2. The normalized spacial score (nSPS) is 12.8. The van der Waals surface area contributed by atoms with E-state index >= 15 is 0 Å². The van der Waals surface area contributed by atoms with Crippen LogP contribution in [0.5, 0.6) is 5.75 Å². The van der Waals surface area contributed by atoms with Gasteiger partial charge in [0.15, 0.2) is 0 Å². The first-order valence-electron chi connectivity index (χ1n) is 9.57. The van der Waals surface area contributed by atoms with Crippen molar-refractivity contribution in [2.45, 2.75) is 25.9 Å². The van der Waals surface area contributed by atoms with Gasteiger partial charge < -0.3 is 10.1 Å². The fourth-order valence-electron chi connectivity index (χ4n) is 3.11. The Labute approximate surface area is 166 Å². The van der Waals surface area contributed by atoms with Gasteiger partial charge in [0.1, 0.15) is 11.8 Å². The molecule has 0 radical (unpaired) electrons. The van der Waals surface area contributed by atoms with Crippen molar-refractivity contribution in [3.05, 3.63) is 96.1 Å². The predicted molar refractivity (Wildman–Crippen MR) is 113 cm³/mol. The van der Waals surface area contributed by atoms with Gasteiger partial charge in [-0.15, -0.1) is 0 Å². The molecule has 4 heteroatoms. The summed E-state index contributed by atoms with van der Waals surface area (Å²) < 4.78 is 5.64. The smallest absolute Gasteiger partial charge is 0.246 e. The van der Waals surface area contributed by atoms with Crippen molar-refractivity contribution >= 4 is 11.6 Å². The van der Waals surface area contributed by atoms with Gasteiger partial charge in [0.05, 0.1) is 12.3 Å². The molecule has 4 nitrogen and oxygen atoms in total. The van der Waals surface area contributed by atoms with Gasteiger partial charge >= 0.3 is 0 Å². The number of carbonyl (C=O) groups excluding carboxylic acids is 1. The minimum Gasteiger partial charge on any atom is -0.492 e. The molecule has 144 valence electrons. The molecule has 2 N–H and O–H groups in total. The summed E-state index contributed by atoms with van der Waals surface area (Å²) >= 11 is 0. The van der Waals surface area contributed by atoms with Gasteiger partial charge in [-0.25, -0.2) is 0 Å². The van der Waals surface area contributed by atoms with Gasteiger partial charge in [-0.05, 0) is 37.1 Å². The Bertz CT molecular complexity index is 881. The molecule has 0 saturated carbocycles. The number of rotatable bonds is 8. The van der Waals surface area contributed by atoms with Crippen molar-refractivity contribution in [3.63, 3.8) is 0 Å². The molecule has 3 aromatic rings. The molecule has 0 saturated heterocycles. The maximum atomic E-state index is 13.2. The third-order valence-electron chi connectivity index (χ3n) is 4.56. The molecule has 0 spiro atoms. The molecule has 0 heterocycles. The fourth-order valence-corrected chi connectivity index (χ4v) is 3.11. The molecule has 0 aliphatic rings. The number of carbonyl (C=O) groups is 1. The second-order valence-corrected chi connectivity index (χ2v) is 6.56. The van der Waals surface area contributed by atoms with Crippen molar-refractivity contribution in [2.75, 3.05) is 11.9 Å². The van der Waals surface area contributed by atoms with Crippen LogP contribution in [0.2, 0.25) is 0 Å². The first kappa shape index (κ1) is 19.6. The number of benzene rings is 3. The third-order valence-corrected chi connectivity index (χ3v) is 4.56. The predicted octanol–water partition coefficient (Wildman–Crippen LogP) is 5.12. The van der Waals surface area contributed by atoms with Crippen LogP contribution in [-0.2, 0) is 4.79 Å². The molecule has 0 aliphatic carbocycles. The van der Waals surface area contributed by atoms with E-state index in [0.717, 1.165) is 11.1 Å². The molecule has 1 amide bonds. The topological polar surface area (TPSA) is 50.4 Å². The Morgan fingerprint density at radius 3 is 2.07 bits per heavy atom. The van der Waals surface area contributed by atoms with E-state index in [1.165, 1.54) is 0 Å². The Morgan fingerprint density at radius 1 is 0.857 bits per heavy atom. The van der Waals surface area contributed by atoms with Crippen LogP contribution in [0.1, 0.15) is 37.1 Å². The second-order valence-electron chi connectivity index (χ2n) is 6.56. The first-order chi connectivity index (χ1) is 13.7. The largest absolute Gasteiger partial charge is 0.492 e. The number of ether oxygens (including phenoxy) is 1. The second kappa shape index (κ2) is 9.72. The zero-order valence-corrected chi connectivity index (χ0v) is 16.3. The lowest BCUT2D eigenvalue weighted by atomic mass is 10.0. The summed E-state index contributed by atoms with van der Waals surface area (Å²) in [5.41, 5.74) is 2.71. The van der Waals surface area contributed by atoms with E-state index in [0.29, 0.717) is 18.0 Å². The standard InChI is InChI=1S/C24H26N2O2/c1-3-28-22-17-11-10-16-21(22)26-24(27)23(20-14-8-5-9-15-20)25-18(2)19-12-6-4-7-13-19/h4-18,23,25H,3H2,1-2H3,(H,26,27)/t18-,23-/m1/s1. The van der Waals surface area contributed by atoms with E-state index in [2.05, 4.69) is 29.7 Å². The summed E-state index contributed by atoms with van der Waals surface area (Å²) in [6, 6.07) is 26.9. The van der Waals surface area contributed by atoms with Crippen LogP contribution >= 0.6 is 0 Å². The van der Waals surface area contributed by atoms with Crippen LogP contribution in [0.15, 0.2) is 84.9 Å². The highest BCUT2D eigenvalue weighted by Gasteiger charge is 2.23. The Kier molecular flexibility index (Phi) is 6.82. The molecule has 3 rings (SSSR count). The van der Waals surface area contributed by atoms with E-state index in [-0.39, 0.29) is 11.9 Å². The summed E-state index contributed by atoms with van der Waals surface area (Å²) in [4.78, 5) is 13.2. The van der Waals surface area contributed by atoms with Crippen LogP contribution in [0.3, 0.4) is 0 Å². The number of nitrogens with one attached hydrogen (secondary N) is 2. The van der Waals surface area contributed by atoms with Gasteiger partial charge in [-0.2, -0.15) is 0 Å². The lowest BCUT2D eigenvalue weighted by Gasteiger charge is -2.24. The van der Waals surface area contributed by atoms with E-state index < -0.39 is 6.04 Å². The highest BCUT2D eigenvalue weighted by molar-refractivity contribution is 5.96. The maximum Gasteiger partial charge on any atom is 0.246 e. The Morgan fingerprint density at radius 2 is 1.43 bits per heavy atom. The van der Waals surface area contributed by atoms with Crippen LogP contribution in [0.25, 0.3) is 0 Å². The van der Waals surface area contributed by atoms with Crippen molar-refractivity contribution in [2.24, 2.45) is 0 Å². The van der Waals surface area contributed by atoms with Gasteiger partial charge in [0.25, 0.3) is 0 Å². The lowest BCUT2D eigenvalue weighted by molar-refractivity contribution is -0.118. The molecular weight excluding hydrogens is 348 g/mol. The summed E-state index contributed by atoms with van der Waals surface area (Å²) in [5.74, 6) is 0.544. The van der Waals surface area contributed by atoms with E-state index in [1.54, 1.807) is 0 Å². The summed E-state index contributed by atoms with van der Waals surface area (Å²) in [6.45, 7) is 4.53. The van der Waals surface area contributed by atoms with Gasteiger partial charge in [0, 0.05) is 6.04 Å². The summed E-state index contributed by atoms with van der Waals surface area (Å²) in [5, 5.41) is 6.49. The number of hydrogen-bond acceptors (Lipinski definition) is 3.